The van der Waals surface area contributed by atoms with E-state index in [-0.39, 0.29) is 53.9 Å². The van der Waals surface area contributed by atoms with Gasteiger partial charge in [-0.15, -0.1) is 0 Å². The molecule has 2 heterocycles. The van der Waals surface area contributed by atoms with E-state index < -0.39 is 11.1 Å². The molecule has 2 aliphatic heterocycles. The number of benzene rings is 1. The second kappa shape index (κ2) is 8.83. The Hall–Kier alpha value is -2.68. The van der Waals surface area contributed by atoms with Gasteiger partial charge < -0.3 is 20.5 Å². The van der Waals surface area contributed by atoms with Crippen LogP contribution in [0.4, 0.5) is 4.39 Å². The lowest BCUT2D eigenvalue weighted by Crippen LogP contribution is -2.55. The van der Waals surface area contributed by atoms with Crippen LogP contribution in [-0.2, 0) is 14.3 Å². The van der Waals surface area contributed by atoms with E-state index in [2.05, 4.69) is 10.3 Å². The molecule has 1 aromatic rings. The maximum Gasteiger partial charge on any atom is 0.231 e. The number of amides is 2. The number of nitrogens with one attached hydrogen (secondary N) is 1. The van der Waals surface area contributed by atoms with Gasteiger partial charge >= 0.3 is 0 Å². The lowest BCUT2D eigenvalue weighted by atomic mass is 9.89. The minimum atomic E-state index is -0.539. The van der Waals surface area contributed by atoms with E-state index in [1.165, 1.54) is 12.1 Å². The molecule has 1 unspecified atom stereocenters. The Labute approximate surface area is 200 Å². The predicted octanol–water partition coefficient (Wildman–Crippen LogP) is 2.91. The molecule has 4 atom stereocenters. The van der Waals surface area contributed by atoms with Crippen LogP contribution in [0.15, 0.2) is 23.2 Å². The summed E-state index contributed by atoms with van der Waals surface area (Å²) in [5, 5.41) is 3.12. The van der Waals surface area contributed by atoms with E-state index in [0.29, 0.717) is 37.2 Å². The highest BCUT2D eigenvalue weighted by Crippen LogP contribution is 2.47. The number of aliphatic imine (C=N–C) groups is 1. The highest BCUT2D eigenvalue weighted by atomic mass is 19.1. The van der Waals surface area contributed by atoms with Gasteiger partial charge in [-0.3, -0.25) is 14.5 Å². The standard InChI is InChI=1S/C25H35FN4O4/c1-24(2)13-21(31)30(23(27)29-24)19(8-9-33-5)15-11-16(15)22(32)28-18-12-25(3,4)34-20-7-6-14(26)10-17(18)20/h6-7,10,15-16,18-19H,8-9,11-13H2,1-5H3,(H2,27,29)(H,28,32)/t15-,16-,18?,19-/m1/s1. The van der Waals surface area contributed by atoms with Crippen LogP contribution in [0.2, 0.25) is 0 Å². The number of halogens is 1. The highest BCUT2D eigenvalue weighted by Gasteiger charge is 2.52. The molecule has 0 spiro atoms. The van der Waals surface area contributed by atoms with Gasteiger partial charge in [0.25, 0.3) is 0 Å². The van der Waals surface area contributed by atoms with Crippen molar-refractivity contribution in [2.75, 3.05) is 13.7 Å². The van der Waals surface area contributed by atoms with Gasteiger partial charge in [0.1, 0.15) is 17.2 Å². The van der Waals surface area contributed by atoms with E-state index in [1.807, 2.05) is 27.7 Å². The molecule has 0 aromatic heterocycles. The fourth-order valence-electron chi connectivity index (χ4n) is 5.29. The fraction of sp³-hybridized carbons (Fsp3) is 0.640. The maximum absolute atomic E-state index is 13.9. The quantitative estimate of drug-likeness (QED) is 0.632. The van der Waals surface area contributed by atoms with Crippen molar-refractivity contribution in [1.29, 1.82) is 0 Å². The second-order valence-corrected chi connectivity index (χ2v) is 10.9. The number of ether oxygens (including phenoxy) is 2. The summed E-state index contributed by atoms with van der Waals surface area (Å²) in [4.78, 5) is 32.3. The van der Waals surface area contributed by atoms with Crippen molar-refractivity contribution in [2.24, 2.45) is 22.6 Å². The average Bonchev–Trinajstić information content (AvgIpc) is 3.50. The zero-order chi connectivity index (χ0) is 24.8. The highest BCUT2D eigenvalue weighted by molar-refractivity contribution is 5.99. The summed E-state index contributed by atoms with van der Waals surface area (Å²) >= 11 is 0. The van der Waals surface area contributed by atoms with Crippen LogP contribution in [0.5, 0.6) is 5.75 Å². The molecular weight excluding hydrogens is 439 g/mol. The van der Waals surface area contributed by atoms with Crippen LogP contribution >= 0.6 is 0 Å². The van der Waals surface area contributed by atoms with E-state index in [9.17, 15) is 14.0 Å². The number of carbonyl (C=O) groups excluding carboxylic acids is 2. The smallest absolute Gasteiger partial charge is 0.231 e. The molecule has 2 amide bonds. The van der Waals surface area contributed by atoms with Gasteiger partial charge in [-0.25, -0.2) is 9.38 Å². The largest absolute Gasteiger partial charge is 0.487 e. The van der Waals surface area contributed by atoms with Gasteiger partial charge in [-0.05, 0) is 64.7 Å². The third-order valence-corrected chi connectivity index (χ3v) is 6.88. The van der Waals surface area contributed by atoms with Gasteiger partial charge in [0.15, 0.2) is 5.96 Å². The van der Waals surface area contributed by atoms with E-state index in [4.69, 9.17) is 15.2 Å². The molecule has 9 heteroatoms. The summed E-state index contributed by atoms with van der Waals surface area (Å²) in [6, 6.07) is 3.77. The predicted molar refractivity (Wildman–Crippen MR) is 126 cm³/mol. The Morgan fingerprint density at radius 3 is 2.79 bits per heavy atom. The minimum Gasteiger partial charge on any atom is -0.487 e. The first kappa shape index (κ1) is 24.4. The molecule has 1 aromatic carbocycles. The number of fused-ring (bicyclic) bond motifs is 1. The third kappa shape index (κ3) is 5.04. The van der Waals surface area contributed by atoms with E-state index in [0.717, 1.165) is 0 Å². The number of nitrogens with two attached hydrogens (primary N) is 1. The normalized spacial score (nSPS) is 27.8. The zero-order valence-corrected chi connectivity index (χ0v) is 20.6. The molecule has 0 bridgehead atoms. The average molecular weight is 475 g/mol. The summed E-state index contributed by atoms with van der Waals surface area (Å²) in [6.45, 7) is 8.09. The Bertz CT molecular complexity index is 1010. The van der Waals surface area contributed by atoms with Crippen molar-refractivity contribution in [3.8, 4) is 5.75 Å². The lowest BCUT2D eigenvalue weighted by molar-refractivity contribution is -0.132. The first-order valence-electron chi connectivity index (χ1n) is 11.9. The van der Waals surface area contributed by atoms with Crippen molar-refractivity contribution in [1.82, 2.24) is 10.2 Å². The molecule has 1 saturated carbocycles. The summed E-state index contributed by atoms with van der Waals surface area (Å²) in [6.07, 6.45) is 1.99. The Kier molecular flexibility index (Phi) is 6.35. The van der Waals surface area contributed by atoms with Crippen molar-refractivity contribution in [3.63, 3.8) is 0 Å². The molecule has 186 valence electrons. The molecule has 4 rings (SSSR count). The summed E-state index contributed by atoms with van der Waals surface area (Å²) in [5.74, 6) is -0.0885. The molecule has 1 fully saturated rings. The van der Waals surface area contributed by atoms with Crippen molar-refractivity contribution in [3.05, 3.63) is 29.6 Å². The number of guanidine groups is 1. The Balaban J connectivity index is 1.51. The number of hydrogen-bond donors (Lipinski definition) is 2. The molecule has 3 aliphatic rings. The number of carbonyl (C=O) groups is 2. The van der Waals surface area contributed by atoms with Crippen LogP contribution in [0.25, 0.3) is 0 Å². The van der Waals surface area contributed by atoms with Gasteiger partial charge in [-0.2, -0.15) is 0 Å². The Morgan fingerprint density at radius 1 is 1.38 bits per heavy atom. The minimum absolute atomic E-state index is 0.0473. The summed E-state index contributed by atoms with van der Waals surface area (Å²) in [5.41, 5.74) is 5.82. The lowest BCUT2D eigenvalue weighted by Gasteiger charge is -2.38. The Morgan fingerprint density at radius 2 is 2.12 bits per heavy atom. The molecule has 8 nitrogen and oxygen atoms in total. The van der Waals surface area contributed by atoms with Gasteiger partial charge in [0.05, 0.1) is 18.0 Å². The topological polar surface area (TPSA) is 106 Å². The summed E-state index contributed by atoms with van der Waals surface area (Å²) in [7, 11) is 1.61. The molecule has 0 radical (unpaired) electrons. The van der Waals surface area contributed by atoms with E-state index in [1.54, 1.807) is 18.1 Å². The second-order valence-electron chi connectivity index (χ2n) is 10.9. The van der Waals surface area contributed by atoms with Crippen molar-refractivity contribution in [2.45, 2.75) is 76.6 Å². The molecule has 34 heavy (non-hydrogen) atoms. The SMILES string of the molecule is COCC[C@H]([C@@H]1C[C@H]1C(=O)NC1CC(C)(C)Oc2ccc(F)cc21)N1C(=O)CC(C)(C)N=C1N. The van der Waals surface area contributed by atoms with Crippen molar-refractivity contribution < 1.29 is 23.5 Å². The summed E-state index contributed by atoms with van der Waals surface area (Å²) < 4.78 is 25.2. The molecule has 1 aliphatic carbocycles. The first-order chi connectivity index (χ1) is 15.9. The number of hydrogen-bond acceptors (Lipinski definition) is 6. The molecule has 0 saturated heterocycles. The third-order valence-electron chi connectivity index (χ3n) is 6.88. The molecular formula is C25H35FN4O4. The number of rotatable bonds is 7. The van der Waals surface area contributed by atoms with Gasteiger partial charge in [-0.1, -0.05) is 0 Å². The van der Waals surface area contributed by atoms with Crippen molar-refractivity contribution >= 4 is 17.8 Å². The van der Waals surface area contributed by atoms with Crippen LogP contribution in [0.1, 0.15) is 65.0 Å². The van der Waals surface area contributed by atoms with Crippen LogP contribution in [-0.4, -0.2) is 53.6 Å². The zero-order valence-electron chi connectivity index (χ0n) is 20.6. The van der Waals surface area contributed by atoms with Crippen LogP contribution in [0, 0.1) is 17.7 Å². The van der Waals surface area contributed by atoms with Crippen LogP contribution < -0.4 is 15.8 Å². The van der Waals surface area contributed by atoms with Gasteiger partial charge in [0.2, 0.25) is 11.8 Å². The first-order valence-corrected chi connectivity index (χ1v) is 11.9. The van der Waals surface area contributed by atoms with E-state index >= 15 is 0 Å². The number of methoxy groups -OCH3 is 1. The monoisotopic (exact) mass is 474 g/mol. The van der Waals surface area contributed by atoms with Crippen LogP contribution in [0.3, 0.4) is 0 Å². The fourth-order valence-corrected chi connectivity index (χ4v) is 5.29. The van der Waals surface area contributed by atoms with Gasteiger partial charge in [0, 0.05) is 37.7 Å². The maximum atomic E-state index is 13.9. The number of nitrogens with zero attached hydrogens (tertiary/aromatic N) is 2. The molecule has 3 N–H and O–H groups in total.